The van der Waals surface area contributed by atoms with Gasteiger partial charge in [0.05, 0.1) is 17.9 Å². The quantitative estimate of drug-likeness (QED) is 0.673. The second-order valence-electron chi connectivity index (χ2n) is 5.27. The maximum atomic E-state index is 11.7. The van der Waals surface area contributed by atoms with Gasteiger partial charge in [0.1, 0.15) is 12.4 Å². The summed E-state index contributed by atoms with van der Waals surface area (Å²) >= 11 is 1.40. The Balaban J connectivity index is 1.71. The van der Waals surface area contributed by atoms with Gasteiger partial charge in [0.25, 0.3) is 0 Å². The van der Waals surface area contributed by atoms with E-state index in [1.807, 2.05) is 41.8 Å². The zero-order chi connectivity index (χ0) is 17.6. The Hall–Kier alpha value is -2.86. The van der Waals surface area contributed by atoms with Crippen molar-refractivity contribution in [2.24, 2.45) is 0 Å². The van der Waals surface area contributed by atoms with Crippen LogP contribution in [0.3, 0.4) is 0 Å². The number of benzene rings is 2. The van der Waals surface area contributed by atoms with Crippen molar-refractivity contribution in [3.05, 3.63) is 65.0 Å². The van der Waals surface area contributed by atoms with Crippen molar-refractivity contribution < 1.29 is 14.3 Å². The lowest BCUT2D eigenvalue weighted by molar-refractivity contribution is 0.0526. The number of carbonyl (C=O) groups is 1. The van der Waals surface area contributed by atoms with Gasteiger partial charge in [-0.15, -0.1) is 11.3 Å². The maximum absolute atomic E-state index is 11.7. The van der Waals surface area contributed by atoms with Crippen molar-refractivity contribution in [3.63, 3.8) is 0 Å². The molecule has 0 saturated heterocycles. The molecule has 0 unspecified atom stereocenters. The van der Waals surface area contributed by atoms with Gasteiger partial charge in [0, 0.05) is 10.9 Å². The molecule has 0 saturated carbocycles. The zero-order valence-corrected chi connectivity index (χ0v) is 14.6. The Labute approximate surface area is 150 Å². The van der Waals surface area contributed by atoms with Crippen LogP contribution in [0.25, 0.3) is 11.3 Å². The highest BCUT2D eigenvalue weighted by Crippen LogP contribution is 2.31. The first-order chi connectivity index (χ1) is 12.2. The highest BCUT2D eigenvalue weighted by atomic mass is 32.1. The summed E-state index contributed by atoms with van der Waals surface area (Å²) in [6.07, 6.45) is 0. The number of hydrogen-bond donors (Lipinski definition) is 1. The van der Waals surface area contributed by atoms with Crippen molar-refractivity contribution in [1.29, 1.82) is 0 Å². The van der Waals surface area contributed by atoms with Crippen molar-refractivity contribution in [3.8, 4) is 17.0 Å². The number of aromatic nitrogens is 1. The summed E-state index contributed by atoms with van der Waals surface area (Å²) in [6.45, 7) is 2.54. The maximum Gasteiger partial charge on any atom is 0.338 e. The molecule has 128 valence electrons. The van der Waals surface area contributed by atoms with E-state index in [4.69, 9.17) is 15.2 Å². The molecule has 0 amide bonds. The minimum absolute atomic E-state index is 0.318. The van der Waals surface area contributed by atoms with Crippen molar-refractivity contribution >= 4 is 22.4 Å². The van der Waals surface area contributed by atoms with E-state index in [9.17, 15) is 4.79 Å². The highest BCUT2D eigenvalue weighted by Gasteiger charge is 2.10. The lowest BCUT2D eigenvalue weighted by Crippen LogP contribution is -2.05. The standard InChI is InChI=1S/C19H18N2O3S/c1-2-23-18(22)14-9-7-13(8-10-14)11-24-17-6-4-3-5-15(17)16-12-25-19(20)21-16/h3-10,12H,2,11H2,1H3,(H2,20,21). The Morgan fingerprint density at radius 1 is 1.16 bits per heavy atom. The summed E-state index contributed by atoms with van der Waals surface area (Å²) in [4.78, 5) is 16.0. The average Bonchev–Trinajstić information content (AvgIpc) is 3.07. The normalized spacial score (nSPS) is 10.4. The number of nitrogens with zero attached hydrogens (tertiary/aromatic N) is 1. The predicted octanol–water partition coefficient (Wildman–Crippen LogP) is 4.15. The van der Waals surface area contributed by atoms with Gasteiger partial charge in [-0.2, -0.15) is 0 Å². The molecule has 5 nitrogen and oxygen atoms in total. The van der Waals surface area contributed by atoms with E-state index in [1.165, 1.54) is 11.3 Å². The van der Waals surface area contributed by atoms with E-state index in [0.717, 1.165) is 22.6 Å². The first kappa shape index (κ1) is 17.0. The van der Waals surface area contributed by atoms with Gasteiger partial charge in [-0.3, -0.25) is 0 Å². The van der Waals surface area contributed by atoms with E-state index in [-0.39, 0.29) is 5.97 Å². The lowest BCUT2D eigenvalue weighted by atomic mass is 10.1. The summed E-state index contributed by atoms with van der Waals surface area (Å²) in [5, 5.41) is 2.44. The SMILES string of the molecule is CCOC(=O)c1ccc(COc2ccccc2-c2csc(N)n2)cc1. The van der Waals surface area contributed by atoms with Crippen LogP contribution in [0.2, 0.25) is 0 Å². The van der Waals surface area contributed by atoms with Crippen molar-refractivity contribution in [2.45, 2.75) is 13.5 Å². The highest BCUT2D eigenvalue weighted by molar-refractivity contribution is 7.13. The summed E-state index contributed by atoms with van der Waals surface area (Å²) in [5.74, 6) is 0.420. The average molecular weight is 354 g/mol. The fourth-order valence-corrected chi connectivity index (χ4v) is 2.89. The minimum Gasteiger partial charge on any atom is -0.488 e. The van der Waals surface area contributed by atoms with Gasteiger partial charge in [-0.25, -0.2) is 9.78 Å². The van der Waals surface area contributed by atoms with Crippen LogP contribution in [0.15, 0.2) is 53.9 Å². The van der Waals surface area contributed by atoms with E-state index >= 15 is 0 Å². The number of ether oxygens (including phenoxy) is 2. The Bertz CT molecular complexity index is 859. The van der Waals surface area contributed by atoms with E-state index in [0.29, 0.717) is 23.9 Å². The van der Waals surface area contributed by atoms with Gasteiger partial charge in [-0.1, -0.05) is 24.3 Å². The molecule has 25 heavy (non-hydrogen) atoms. The monoisotopic (exact) mass is 354 g/mol. The fraction of sp³-hybridized carbons (Fsp3) is 0.158. The first-order valence-electron chi connectivity index (χ1n) is 7.86. The molecule has 6 heteroatoms. The number of nitrogens with two attached hydrogens (primary N) is 1. The number of para-hydroxylation sites is 1. The van der Waals surface area contributed by atoms with Crippen LogP contribution in [0.5, 0.6) is 5.75 Å². The molecular weight excluding hydrogens is 336 g/mol. The van der Waals surface area contributed by atoms with Gasteiger partial charge >= 0.3 is 5.97 Å². The number of anilines is 1. The minimum atomic E-state index is -0.318. The largest absolute Gasteiger partial charge is 0.488 e. The molecule has 0 radical (unpaired) electrons. The van der Waals surface area contributed by atoms with E-state index in [1.54, 1.807) is 19.1 Å². The van der Waals surface area contributed by atoms with Gasteiger partial charge in [-0.05, 0) is 36.8 Å². The number of esters is 1. The third-order valence-corrected chi connectivity index (χ3v) is 4.22. The molecule has 0 fully saturated rings. The number of carbonyl (C=O) groups excluding carboxylic acids is 1. The van der Waals surface area contributed by atoms with Crippen molar-refractivity contribution in [1.82, 2.24) is 4.98 Å². The number of rotatable bonds is 6. The van der Waals surface area contributed by atoms with Crippen LogP contribution in [-0.4, -0.2) is 17.6 Å². The van der Waals surface area contributed by atoms with E-state index < -0.39 is 0 Å². The first-order valence-corrected chi connectivity index (χ1v) is 8.74. The summed E-state index contributed by atoms with van der Waals surface area (Å²) in [7, 11) is 0. The third-order valence-electron chi connectivity index (χ3n) is 3.54. The van der Waals surface area contributed by atoms with Gasteiger partial charge < -0.3 is 15.2 Å². The summed E-state index contributed by atoms with van der Waals surface area (Å²) < 4.78 is 10.9. The molecule has 2 aromatic carbocycles. The van der Waals surface area contributed by atoms with Crippen LogP contribution < -0.4 is 10.5 Å². The van der Waals surface area contributed by atoms with Crippen LogP contribution in [0, 0.1) is 0 Å². The molecular formula is C19H18N2O3S. The summed E-state index contributed by atoms with van der Waals surface area (Å²) in [6, 6.07) is 14.9. The van der Waals surface area contributed by atoms with Crippen LogP contribution >= 0.6 is 11.3 Å². The zero-order valence-electron chi connectivity index (χ0n) is 13.8. The molecule has 0 atom stereocenters. The molecule has 0 aliphatic carbocycles. The molecule has 0 spiro atoms. The molecule has 0 bridgehead atoms. The smallest absolute Gasteiger partial charge is 0.338 e. The molecule has 2 N–H and O–H groups in total. The molecule has 1 heterocycles. The third kappa shape index (κ3) is 4.16. The van der Waals surface area contributed by atoms with Crippen LogP contribution in [-0.2, 0) is 11.3 Å². The summed E-state index contributed by atoms with van der Waals surface area (Å²) in [5.41, 5.74) is 8.91. The second kappa shape index (κ2) is 7.81. The molecule has 3 aromatic rings. The number of nitrogen functional groups attached to an aromatic ring is 1. The van der Waals surface area contributed by atoms with Gasteiger partial charge in [0.2, 0.25) is 0 Å². The van der Waals surface area contributed by atoms with E-state index in [2.05, 4.69) is 4.98 Å². The second-order valence-corrected chi connectivity index (χ2v) is 6.16. The fourth-order valence-electron chi connectivity index (χ4n) is 2.33. The van der Waals surface area contributed by atoms with Crippen LogP contribution in [0.4, 0.5) is 5.13 Å². The molecule has 3 rings (SSSR count). The van der Waals surface area contributed by atoms with Crippen LogP contribution in [0.1, 0.15) is 22.8 Å². The van der Waals surface area contributed by atoms with Crippen molar-refractivity contribution in [2.75, 3.05) is 12.3 Å². The Morgan fingerprint density at radius 3 is 2.60 bits per heavy atom. The van der Waals surface area contributed by atoms with Gasteiger partial charge in [0.15, 0.2) is 5.13 Å². The Morgan fingerprint density at radius 2 is 1.92 bits per heavy atom. The molecule has 1 aromatic heterocycles. The number of thiazole rings is 1. The molecule has 0 aliphatic rings. The lowest BCUT2D eigenvalue weighted by Gasteiger charge is -2.10. The number of hydrogen-bond acceptors (Lipinski definition) is 6. The topological polar surface area (TPSA) is 74.4 Å². The molecule has 0 aliphatic heterocycles. The Kier molecular flexibility index (Phi) is 5.30. The predicted molar refractivity (Wildman–Crippen MR) is 98.7 cm³/mol.